The first-order valence-electron chi connectivity index (χ1n) is 9.78. The molecule has 0 atom stereocenters. The van der Waals surface area contributed by atoms with Crippen molar-refractivity contribution in [1.29, 1.82) is 0 Å². The third-order valence-corrected chi connectivity index (χ3v) is 5.88. The molecule has 2 amide bonds. The lowest BCUT2D eigenvalue weighted by Gasteiger charge is -2.17. The Bertz CT molecular complexity index is 1300. The van der Waals surface area contributed by atoms with Crippen molar-refractivity contribution in [2.45, 2.75) is 12.1 Å². The number of para-hydroxylation sites is 1. The average molecular weight is 478 g/mol. The van der Waals surface area contributed by atoms with Gasteiger partial charge in [-0.1, -0.05) is 36.0 Å². The summed E-state index contributed by atoms with van der Waals surface area (Å²) in [6.45, 7) is 1.49. The van der Waals surface area contributed by atoms with Crippen molar-refractivity contribution in [1.82, 2.24) is 25.2 Å². The number of nitrogens with one attached hydrogen (secondary N) is 1. The van der Waals surface area contributed by atoms with Crippen LogP contribution in [0.4, 0.5) is 16.5 Å². The van der Waals surface area contributed by atoms with Gasteiger partial charge in [-0.3, -0.25) is 14.5 Å². The second-order valence-electron chi connectivity index (χ2n) is 6.70. The molecule has 33 heavy (non-hydrogen) atoms. The first-order valence-corrected chi connectivity index (χ1v) is 11.9. The smallest absolute Gasteiger partial charge is 0.248 e. The molecular formula is C22H19N7O2S2. The molecule has 0 unspecified atom stereocenters. The highest BCUT2D eigenvalue weighted by Gasteiger charge is 2.17. The van der Waals surface area contributed by atoms with Gasteiger partial charge in [0.25, 0.3) is 0 Å². The van der Waals surface area contributed by atoms with E-state index in [-0.39, 0.29) is 11.8 Å². The van der Waals surface area contributed by atoms with Crippen molar-refractivity contribution in [2.24, 2.45) is 0 Å². The van der Waals surface area contributed by atoms with Gasteiger partial charge in [0.1, 0.15) is 0 Å². The minimum Gasteiger partial charge on any atom is -0.322 e. The third kappa shape index (κ3) is 5.33. The fourth-order valence-corrected chi connectivity index (χ4v) is 4.28. The average Bonchev–Trinajstić information content (AvgIpc) is 3.48. The van der Waals surface area contributed by atoms with E-state index in [9.17, 15) is 9.59 Å². The Balaban J connectivity index is 1.45. The molecule has 1 N–H and O–H groups in total. The van der Waals surface area contributed by atoms with E-state index in [0.29, 0.717) is 21.7 Å². The predicted octanol–water partition coefficient (Wildman–Crippen LogP) is 4.18. The quantitative estimate of drug-likeness (QED) is 0.314. The van der Waals surface area contributed by atoms with Crippen LogP contribution in [0.5, 0.6) is 0 Å². The van der Waals surface area contributed by atoms with Crippen LogP contribution < -0.4 is 10.2 Å². The van der Waals surface area contributed by atoms with Crippen LogP contribution in [-0.2, 0) is 9.59 Å². The number of hydrogen-bond acceptors (Lipinski definition) is 8. The summed E-state index contributed by atoms with van der Waals surface area (Å²) in [7, 11) is 0. The molecule has 0 saturated carbocycles. The summed E-state index contributed by atoms with van der Waals surface area (Å²) in [6, 6.07) is 16.5. The summed E-state index contributed by atoms with van der Waals surface area (Å²) in [4.78, 5) is 30.6. The highest BCUT2D eigenvalue weighted by atomic mass is 32.2. The second kappa shape index (κ2) is 10.2. The number of amides is 2. The summed E-state index contributed by atoms with van der Waals surface area (Å²) in [5.74, 6) is -0.453. The monoisotopic (exact) mass is 477 g/mol. The van der Waals surface area contributed by atoms with Crippen LogP contribution in [0, 0.1) is 0 Å². The van der Waals surface area contributed by atoms with E-state index in [2.05, 4.69) is 25.8 Å². The zero-order valence-electron chi connectivity index (χ0n) is 17.7. The fourth-order valence-electron chi connectivity index (χ4n) is 2.99. The Hall–Kier alpha value is -3.83. The first-order chi connectivity index (χ1) is 16.0. The molecular weight excluding hydrogens is 458 g/mol. The lowest BCUT2D eigenvalue weighted by molar-refractivity contribution is -0.116. The molecule has 2 aromatic carbocycles. The molecule has 9 nitrogen and oxygen atoms in total. The van der Waals surface area contributed by atoms with Gasteiger partial charge in [-0.05, 0) is 53.1 Å². The predicted molar refractivity (Wildman–Crippen MR) is 130 cm³/mol. The molecule has 0 aliphatic heterocycles. The van der Waals surface area contributed by atoms with Crippen molar-refractivity contribution >= 4 is 57.5 Å². The summed E-state index contributed by atoms with van der Waals surface area (Å²) >= 11 is 2.75. The molecule has 4 aromatic rings. The Morgan fingerprint density at radius 1 is 1.15 bits per heavy atom. The largest absolute Gasteiger partial charge is 0.322 e. The van der Waals surface area contributed by atoms with E-state index >= 15 is 0 Å². The van der Waals surface area contributed by atoms with Crippen molar-refractivity contribution in [3.63, 3.8) is 0 Å². The van der Waals surface area contributed by atoms with E-state index in [1.165, 1.54) is 41.0 Å². The van der Waals surface area contributed by atoms with Crippen LogP contribution >= 0.6 is 23.1 Å². The molecule has 166 valence electrons. The summed E-state index contributed by atoms with van der Waals surface area (Å²) < 4.78 is 1.60. The Morgan fingerprint density at radius 2 is 1.97 bits per heavy atom. The van der Waals surface area contributed by atoms with Crippen LogP contribution in [0.3, 0.4) is 0 Å². The minimum atomic E-state index is -0.310. The van der Waals surface area contributed by atoms with E-state index < -0.39 is 0 Å². The lowest BCUT2D eigenvalue weighted by atomic mass is 10.2. The van der Waals surface area contributed by atoms with E-state index in [0.717, 1.165) is 11.4 Å². The van der Waals surface area contributed by atoms with Crippen molar-refractivity contribution < 1.29 is 9.59 Å². The number of thiazole rings is 1. The van der Waals surface area contributed by atoms with Crippen molar-refractivity contribution in [3.05, 3.63) is 71.7 Å². The summed E-state index contributed by atoms with van der Waals surface area (Å²) in [5.41, 5.74) is 2.66. The highest BCUT2D eigenvalue weighted by Crippen LogP contribution is 2.29. The number of nitrogens with zero attached hydrogens (tertiary/aromatic N) is 6. The second-order valence-corrected chi connectivity index (χ2v) is 8.31. The van der Waals surface area contributed by atoms with Gasteiger partial charge < -0.3 is 5.32 Å². The van der Waals surface area contributed by atoms with Gasteiger partial charge in [-0.2, -0.15) is 4.68 Å². The summed E-state index contributed by atoms with van der Waals surface area (Å²) in [6.07, 6.45) is 4.89. The first kappa shape index (κ1) is 22.4. The molecule has 0 aliphatic rings. The Labute approximate surface area is 198 Å². The van der Waals surface area contributed by atoms with Crippen LogP contribution in [-0.4, -0.2) is 43.3 Å². The molecule has 0 radical (unpaired) electrons. The zero-order chi connectivity index (χ0) is 23.2. The maximum Gasteiger partial charge on any atom is 0.248 e. The zero-order valence-corrected chi connectivity index (χ0v) is 19.4. The van der Waals surface area contributed by atoms with Crippen LogP contribution in [0.2, 0.25) is 0 Å². The Kier molecular flexibility index (Phi) is 6.91. The minimum absolute atomic E-state index is 0.143. The Morgan fingerprint density at radius 3 is 2.73 bits per heavy atom. The maximum atomic E-state index is 12.4. The molecule has 2 aromatic heterocycles. The molecule has 0 aliphatic carbocycles. The lowest BCUT2D eigenvalue weighted by Crippen LogP contribution is -2.22. The van der Waals surface area contributed by atoms with Crippen LogP contribution in [0.25, 0.3) is 11.8 Å². The van der Waals surface area contributed by atoms with Gasteiger partial charge in [0.05, 0.1) is 17.1 Å². The SMILES string of the molecule is CSc1nnnn1-c1cccc(NC(=O)/C=C/c2csc(N(C(C)=O)c3ccccc3)n2)c1. The topological polar surface area (TPSA) is 106 Å². The van der Waals surface area contributed by atoms with Gasteiger partial charge in [0.15, 0.2) is 5.13 Å². The molecule has 0 spiro atoms. The molecule has 4 rings (SSSR count). The molecule has 0 bridgehead atoms. The van der Waals surface area contributed by atoms with Gasteiger partial charge in [0, 0.05) is 24.1 Å². The normalized spacial score (nSPS) is 11.0. The standard InChI is InChI=1S/C22H19N7O2S2/c1-15(30)28(18-8-4-3-5-9-18)21-24-17(14-33-21)11-12-20(31)23-16-7-6-10-19(13-16)29-22(32-2)25-26-27-29/h3-14H,1-2H3,(H,23,31)/b12-11+. The van der Waals surface area contributed by atoms with Crippen molar-refractivity contribution in [3.8, 4) is 5.69 Å². The number of thioether (sulfide) groups is 1. The maximum absolute atomic E-state index is 12.4. The number of tetrazole rings is 1. The van der Waals surface area contributed by atoms with Gasteiger partial charge in [0.2, 0.25) is 17.0 Å². The molecule has 0 fully saturated rings. The number of carbonyl (C=O) groups excluding carboxylic acids is 2. The third-order valence-electron chi connectivity index (χ3n) is 4.42. The number of aromatic nitrogens is 5. The number of hydrogen-bond donors (Lipinski definition) is 1. The molecule has 0 saturated heterocycles. The van der Waals surface area contributed by atoms with Gasteiger partial charge >= 0.3 is 0 Å². The van der Waals surface area contributed by atoms with Gasteiger partial charge in [-0.15, -0.1) is 16.4 Å². The number of benzene rings is 2. The fraction of sp³-hybridized carbons (Fsp3) is 0.0909. The highest BCUT2D eigenvalue weighted by molar-refractivity contribution is 7.98. The molecule has 11 heteroatoms. The van der Waals surface area contributed by atoms with Crippen molar-refractivity contribution in [2.75, 3.05) is 16.5 Å². The van der Waals surface area contributed by atoms with Crippen LogP contribution in [0.1, 0.15) is 12.6 Å². The van der Waals surface area contributed by atoms with E-state index in [1.807, 2.05) is 48.7 Å². The number of carbonyl (C=O) groups is 2. The van der Waals surface area contributed by atoms with E-state index in [1.54, 1.807) is 28.3 Å². The van der Waals surface area contributed by atoms with Gasteiger partial charge in [-0.25, -0.2) is 4.98 Å². The number of anilines is 3. The van der Waals surface area contributed by atoms with Crippen LogP contribution in [0.15, 0.2) is 71.2 Å². The number of rotatable bonds is 7. The van der Waals surface area contributed by atoms with E-state index in [4.69, 9.17) is 0 Å². The summed E-state index contributed by atoms with van der Waals surface area (Å²) in [5, 5.41) is 17.4. The molecule has 2 heterocycles.